The fraction of sp³-hybridized carbons (Fsp3) is 0.471. The zero-order valence-electron chi connectivity index (χ0n) is 13.6. The highest BCUT2D eigenvalue weighted by molar-refractivity contribution is 5.86. The van der Waals surface area contributed by atoms with Crippen molar-refractivity contribution < 1.29 is 22.7 Å². The van der Waals surface area contributed by atoms with E-state index in [1.54, 1.807) is 37.6 Å². The Morgan fingerprint density at radius 1 is 1.30 bits per heavy atom. The Balaban J connectivity index is 2.48. The number of halogens is 3. The molecule has 2 rings (SSSR count). The number of alkyl halides is 3. The first kappa shape index (κ1) is 17.4. The highest BCUT2D eigenvalue weighted by atomic mass is 19.4. The van der Waals surface area contributed by atoms with E-state index in [1.165, 1.54) is 6.20 Å². The molecule has 0 aliphatic rings. The summed E-state index contributed by atoms with van der Waals surface area (Å²) in [6, 6.07) is 5.35. The van der Waals surface area contributed by atoms with Crippen LogP contribution in [0.5, 0.6) is 0 Å². The molecular weight excluding hydrogens is 307 g/mol. The van der Waals surface area contributed by atoms with E-state index in [2.05, 4.69) is 0 Å². The average Bonchev–Trinajstić information content (AvgIpc) is 2.70. The third-order valence-electron chi connectivity index (χ3n) is 3.68. The molecule has 0 aliphatic heterocycles. The molecule has 23 heavy (non-hydrogen) atoms. The summed E-state index contributed by atoms with van der Waals surface area (Å²) in [7, 11) is 1.70. The van der Waals surface area contributed by atoms with Gasteiger partial charge in [-0.2, -0.15) is 13.2 Å². The van der Waals surface area contributed by atoms with Gasteiger partial charge in [0.05, 0.1) is 18.4 Å². The molecule has 0 amide bonds. The Hall–Kier alpha value is -1.98. The molecule has 1 atom stereocenters. The van der Waals surface area contributed by atoms with Crippen LogP contribution < -0.4 is 0 Å². The van der Waals surface area contributed by atoms with Crippen molar-refractivity contribution in [3.8, 4) is 0 Å². The number of hydrogen-bond acceptors (Lipinski definition) is 2. The second-order valence-electron chi connectivity index (χ2n) is 6.05. The standard InChI is InChI=1S/C17H20F3NO2/c1-10(2)23-16(22)8-14(17(18,19)20)13-9-21(4)15-6-5-11(3)7-12(13)15/h5-7,9-10,14H,8H2,1-4H3/t14-/m0/s1. The molecule has 1 heterocycles. The molecule has 0 aliphatic carbocycles. The fourth-order valence-electron chi connectivity index (χ4n) is 2.69. The first-order valence-corrected chi connectivity index (χ1v) is 7.41. The Labute approximate surface area is 133 Å². The van der Waals surface area contributed by atoms with Crippen LogP contribution in [-0.2, 0) is 16.6 Å². The van der Waals surface area contributed by atoms with E-state index in [0.717, 1.165) is 5.56 Å². The van der Waals surface area contributed by atoms with Crippen LogP contribution in [0.1, 0.15) is 37.3 Å². The van der Waals surface area contributed by atoms with Gasteiger partial charge in [-0.05, 0) is 38.5 Å². The van der Waals surface area contributed by atoms with Crippen molar-refractivity contribution in [3.05, 3.63) is 35.5 Å². The van der Waals surface area contributed by atoms with E-state index in [1.807, 2.05) is 13.0 Å². The van der Waals surface area contributed by atoms with Crippen LogP contribution in [0.2, 0.25) is 0 Å². The molecule has 0 radical (unpaired) electrons. The van der Waals surface area contributed by atoms with E-state index in [4.69, 9.17) is 4.74 Å². The van der Waals surface area contributed by atoms with Crippen LogP contribution in [0.3, 0.4) is 0 Å². The molecule has 0 unspecified atom stereocenters. The van der Waals surface area contributed by atoms with Crippen molar-refractivity contribution in [2.45, 2.75) is 45.4 Å². The maximum absolute atomic E-state index is 13.5. The largest absolute Gasteiger partial charge is 0.463 e. The zero-order valence-corrected chi connectivity index (χ0v) is 13.6. The van der Waals surface area contributed by atoms with Gasteiger partial charge in [-0.25, -0.2) is 0 Å². The van der Waals surface area contributed by atoms with Crippen molar-refractivity contribution in [1.29, 1.82) is 0 Å². The topological polar surface area (TPSA) is 31.2 Å². The maximum atomic E-state index is 13.5. The quantitative estimate of drug-likeness (QED) is 0.776. The number of esters is 1. The number of carbonyl (C=O) groups excluding carboxylic acids is 1. The van der Waals surface area contributed by atoms with E-state index < -0.39 is 30.6 Å². The molecule has 1 aromatic heterocycles. The molecule has 6 heteroatoms. The monoisotopic (exact) mass is 327 g/mol. The molecule has 1 aromatic carbocycles. The summed E-state index contributed by atoms with van der Waals surface area (Å²) in [5.41, 5.74) is 1.69. The Morgan fingerprint density at radius 2 is 1.96 bits per heavy atom. The van der Waals surface area contributed by atoms with Gasteiger partial charge < -0.3 is 9.30 Å². The predicted octanol–water partition coefficient (Wildman–Crippen LogP) is 4.47. The van der Waals surface area contributed by atoms with Gasteiger partial charge in [-0.15, -0.1) is 0 Å². The number of fused-ring (bicyclic) bond motifs is 1. The van der Waals surface area contributed by atoms with Gasteiger partial charge in [0.15, 0.2) is 0 Å². The average molecular weight is 327 g/mol. The molecule has 0 N–H and O–H groups in total. The summed E-state index contributed by atoms with van der Waals surface area (Å²) in [5, 5.41) is 0.521. The summed E-state index contributed by atoms with van der Waals surface area (Å²) in [5.74, 6) is -2.72. The van der Waals surface area contributed by atoms with Crippen molar-refractivity contribution in [3.63, 3.8) is 0 Å². The second kappa shape index (κ2) is 6.26. The van der Waals surface area contributed by atoms with Crippen LogP contribution in [0, 0.1) is 6.92 Å². The van der Waals surface area contributed by atoms with Gasteiger partial charge in [0.1, 0.15) is 0 Å². The number of nitrogens with zero attached hydrogens (tertiary/aromatic N) is 1. The van der Waals surface area contributed by atoms with Crippen LogP contribution in [-0.4, -0.2) is 22.8 Å². The Bertz CT molecular complexity index is 716. The van der Waals surface area contributed by atoms with Gasteiger partial charge in [0, 0.05) is 24.1 Å². The molecule has 126 valence electrons. The van der Waals surface area contributed by atoms with Gasteiger partial charge in [-0.1, -0.05) is 11.6 Å². The van der Waals surface area contributed by atoms with Crippen LogP contribution in [0.15, 0.2) is 24.4 Å². The molecule has 0 bridgehead atoms. The number of benzene rings is 1. The third-order valence-corrected chi connectivity index (χ3v) is 3.68. The van der Waals surface area contributed by atoms with Crippen LogP contribution in [0.25, 0.3) is 10.9 Å². The number of aryl methyl sites for hydroxylation is 2. The second-order valence-corrected chi connectivity index (χ2v) is 6.05. The number of carbonyl (C=O) groups is 1. The minimum atomic E-state index is -4.52. The molecule has 0 fully saturated rings. The molecule has 3 nitrogen and oxygen atoms in total. The molecule has 0 saturated carbocycles. The van der Waals surface area contributed by atoms with Crippen molar-refractivity contribution >= 4 is 16.9 Å². The first-order chi connectivity index (χ1) is 10.6. The highest BCUT2D eigenvalue weighted by Gasteiger charge is 2.43. The lowest BCUT2D eigenvalue weighted by atomic mass is 9.94. The lowest BCUT2D eigenvalue weighted by Gasteiger charge is -2.20. The van der Waals surface area contributed by atoms with Crippen LogP contribution >= 0.6 is 0 Å². The zero-order chi connectivity index (χ0) is 17.4. The van der Waals surface area contributed by atoms with E-state index >= 15 is 0 Å². The maximum Gasteiger partial charge on any atom is 0.396 e. The van der Waals surface area contributed by atoms with Gasteiger partial charge in [0.2, 0.25) is 0 Å². The van der Waals surface area contributed by atoms with Gasteiger partial charge in [-0.3, -0.25) is 4.79 Å². The van der Waals surface area contributed by atoms with Crippen molar-refractivity contribution in [2.24, 2.45) is 7.05 Å². The lowest BCUT2D eigenvalue weighted by Crippen LogP contribution is -2.25. The SMILES string of the molecule is Cc1ccc2c(c1)c([C@H](CC(=O)OC(C)C)C(F)(F)F)cn2C. The van der Waals surface area contributed by atoms with E-state index in [-0.39, 0.29) is 5.56 Å². The molecule has 0 saturated heterocycles. The van der Waals surface area contributed by atoms with Crippen LogP contribution in [0.4, 0.5) is 13.2 Å². The fourth-order valence-corrected chi connectivity index (χ4v) is 2.69. The number of ether oxygens (including phenoxy) is 1. The predicted molar refractivity (Wildman–Crippen MR) is 82.3 cm³/mol. The lowest BCUT2D eigenvalue weighted by molar-refractivity contribution is -0.168. The smallest absolute Gasteiger partial charge is 0.396 e. The number of aromatic nitrogens is 1. The van der Waals surface area contributed by atoms with Gasteiger partial charge in [0.25, 0.3) is 0 Å². The van der Waals surface area contributed by atoms with E-state index in [9.17, 15) is 18.0 Å². The van der Waals surface area contributed by atoms with Crippen molar-refractivity contribution in [1.82, 2.24) is 4.57 Å². The summed E-state index contributed by atoms with van der Waals surface area (Å²) < 4.78 is 47.1. The summed E-state index contributed by atoms with van der Waals surface area (Å²) in [4.78, 5) is 11.8. The minimum Gasteiger partial charge on any atom is -0.463 e. The van der Waals surface area contributed by atoms with Gasteiger partial charge >= 0.3 is 12.1 Å². The van der Waals surface area contributed by atoms with Crippen molar-refractivity contribution in [2.75, 3.05) is 0 Å². The Morgan fingerprint density at radius 3 is 2.52 bits per heavy atom. The highest BCUT2D eigenvalue weighted by Crippen LogP contribution is 2.41. The summed E-state index contributed by atoms with van der Waals surface area (Å²) in [6.45, 7) is 5.05. The molecule has 0 spiro atoms. The summed E-state index contributed by atoms with van der Waals surface area (Å²) in [6.07, 6.45) is -4.22. The number of hydrogen-bond donors (Lipinski definition) is 0. The first-order valence-electron chi connectivity index (χ1n) is 7.41. The molecule has 2 aromatic rings. The van der Waals surface area contributed by atoms with E-state index in [0.29, 0.717) is 10.9 Å². The third kappa shape index (κ3) is 3.86. The molecular formula is C17H20F3NO2. The number of rotatable bonds is 4. The minimum absolute atomic E-state index is 0.111. The normalized spacial score (nSPS) is 13.6. The summed E-state index contributed by atoms with van der Waals surface area (Å²) >= 11 is 0. The Kier molecular flexibility index (Phi) is 4.73.